The molecule has 0 spiro atoms. The lowest BCUT2D eigenvalue weighted by Crippen LogP contribution is -2.45. The highest BCUT2D eigenvalue weighted by atomic mass is 16.6. The number of hydrogen-bond acceptors (Lipinski definition) is 6. The van der Waals surface area contributed by atoms with Crippen molar-refractivity contribution in [2.45, 2.75) is 90.3 Å². The molecular formula is C25H38N2O6. The summed E-state index contributed by atoms with van der Waals surface area (Å²) in [6.07, 6.45) is 6.28. The molecule has 0 saturated carbocycles. The number of fused-ring (bicyclic) bond motifs is 1. The van der Waals surface area contributed by atoms with Crippen molar-refractivity contribution in [2.24, 2.45) is 5.73 Å². The Kier molecular flexibility index (Phi) is 10.2. The molecule has 1 aliphatic heterocycles. The van der Waals surface area contributed by atoms with Gasteiger partial charge in [-0.05, 0) is 63.8 Å². The van der Waals surface area contributed by atoms with Crippen LogP contribution in [0.2, 0.25) is 0 Å². The number of carbonyl (C=O) groups is 3. The second-order valence-electron chi connectivity index (χ2n) is 9.49. The van der Waals surface area contributed by atoms with Crippen LogP contribution in [-0.4, -0.2) is 52.6 Å². The van der Waals surface area contributed by atoms with Gasteiger partial charge >= 0.3 is 5.97 Å². The lowest BCUT2D eigenvalue weighted by Gasteiger charge is -2.25. The van der Waals surface area contributed by atoms with Crippen molar-refractivity contribution in [1.29, 1.82) is 0 Å². The first-order chi connectivity index (χ1) is 15.6. The maximum atomic E-state index is 12.9. The summed E-state index contributed by atoms with van der Waals surface area (Å²) in [5.41, 5.74) is 6.26. The largest absolute Gasteiger partial charge is 0.494 e. The maximum Gasteiger partial charge on any atom is 0.306 e. The Balaban J connectivity index is 1.88. The van der Waals surface area contributed by atoms with Crippen molar-refractivity contribution >= 4 is 17.8 Å². The van der Waals surface area contributed by atoms with Crippen LogP contribution in [0.1, 0.15) is 88.1 Å². The van der Waals surface area contributed by atoms with Crippen LogP contribution >= 0.6 is 0 Å². The van der Waals surface area contributed by atoms with E-state index in [9.17, 15) is 14.4 Å². The van der Waals surface area contributed by atoms with Crippen molar-refractivity contribution in [1.82, 2.24) is 4.90 Å². The van der Waals surface area contributed by atoms with Crippen LogP contribution in [0.15, 0.2) is 18.2 Å². The van der Waals surface area contributed by atoms with E-state index in [1.165, 1.54) is 4.90 Å². The Labute approximate surface area is 196 Å². The summed E-state index contributed by atoms with van der Waals surface area (Å²) in [5.74, 6) is -0.655. The van der Waals surface area contributed by atoms with E-state index in [4.69, 9.17) is 20.3 Å². The minimum atomic E-state index is -0.882. The van der Waals surface area contributed by atoms with E-state index in [0.29, 0.717) is 17.9 Å². The number of carbonyl (C=O) groups excluding carboxylic acids is 3. The van der Waals surface area contributed by atoms with E-state index in [-0.39, 0.29) is 31.9 Å². The number of nitrogens with zero attached hydrogens (tertiary/aromatic N) is 1. The summed E-state index contributed by atoms with van der Waals surface area (Å²) in [6.45, 7) is 6.42. The number of aliphatic hydroxyl groups is 1. The number of esters is 1. The predicted octanol–water partition coefficient (Wildman–Crippen LogP) is 3.33. The summed E-state index contributed by atoms with van der Waals surface area (Å²) in [4.78, 5) is 38.4. The Morgan fingerprint density at radius 1 is 1.12 bits per heavy atom. The molecule has 184 valence electrons. The fraction of sp³-hybridized carbons (Fsp3) is 0.640. The zero-order chi connectivity index (χ0) is 24.4. The van der Waals surface area contributed by atoms with Crippen LogP contribution in [-0.2, 0) is 20.9 Å². The zero-order valence-corrected chi connectivity index (χ0v) is 20.1. The van der Waals surface area contributed by atoms with Gasteiger partial charge in [0.2, 0.25) is 5.91 Å². The quantitative estimate of drug-likeness (QED) is 0.323. The van der Waals surface area contributed by atoms with Gasteiger partial charge in [0.1, 0.15) is 17.4 Å². The SMILES string of the molecule is CC(C)(C)OC(=O)CCC(C(N)=O)N1Cc2cc(OCCCCCCCCO)ccc2C1=O. The molecule has 2 amide bonds. The van der Waals surface area contributed by atoms with Gasteiger partial charge in [-0.3, -0.25) is 14.4 Å². The lowest BCUT2D eigenvalue weighted by atomic mass is 10.1. The topological polar surface area (TPSA) is 119 Å². The van der Waals surface area contributed by atoms with Crippen molar-refractivity contribution in [3.63, 3.8) is 0 Å². The standard InChI is InChI=1S/C25H38N2O6/c1-25(2,3)33-22(29)13-12-21(23(26)30)27-17-18-16-19(10-11-20(18)24(27)31)32-15-9-7-5-4-6-8-14-28/h10-11,16,21,28H,4-9,12-15,17H2,1-3H3,(H2,26,30). The normalized spacial score (nSPS) is 14.2. The van der Waals surface area contributed by atoms with E-state index in [0.717, 1.165) is 44.1 Å². The molecule has 1 aromatic rings. The number of aliphatic hydroxyl groups excluding tert-OH is 1. The van der Waals surface area contributed by atoms with Gasteiger partial charge in [0.25, 0.3) is 5.91 Å². The Morgan fingerprint density at radius 2 is 1.79 bits per heavy atom. The average molecular weight is 463 g/mol. The van der Waals surface area contributed by atoms with E-state index in [2.05, 4.69) is 0 Å². The highest BCUT2D eigenvalue weighted by molar-refractivity contribution is 6.01. The number of ether oxygens (including phenoxy) is 2. The van der Waals surface area contributed by atoms with Crippen LogP contribution < -0.4 is 10.5 Å². The van der Waals surface area contributed by atoms with Crippen molar-refractivity contribution in [2.75, 3.05) is 13.2 Å². The minimum absolute atomic E-state index is 0.000632. The number of unbranched alkanes of at least 4 members (excludes halogenated alkanes) is 5. The number of amides is 2. The third-order valence-corrected chi connectivity index (χ3v) is 5.48. The highest BCUT2D eigenvalue weighted by Gasteiger charge is 2.36. The number of primary amides is 1. The summed E-state index contributed by atoms with van der Waals surface area (Å²) in [6, 6.07) is 4.43. The van der Waals surface area contributed by atoms with E-state index in [1.54, 1.807) is 32.9 Å². The van der Waals surface area contributed by atoms with E-state index < -0.39 is 23.5 Å². The third-order valence-electron chi connectivity index (χ3n) is 5.48. The van der Waals surface area contributed by atoms with E-state index in [1.807, 2.05) is 6.07 Å². The number of rotatable bonds is 14. The smallest absolute Gasteiger partial charge is 0.306 e. The highest BCUT2D eigenvalue weighted by Crippen LogP contribution is 2.29. The molecule has 0 aliphatic carbocycles. The van der Waals surface area contributed by atoms with Crippen LogP contribution in [0.4, 0.5) is 0 Å². The Hall–Kier alpha value is -2.61. The van der Waals surface area contributed by atoms with Gasteiger partial charge in [-0.25, -0.2) is 0 Å². The summed E-state index contributed by atoms with van der Waals surface area (Å²) in [7, 11) is 0. The third kappa shape index (κ3) is 8.68. The molecule has 3 N–H and O–H groups in total. The van der Waals surface area contributed by atoms with E-state index >= 15 is 0 Å². The second-order valence-corrected chi connectivity index (χ2v) is 9.49. The first-order valence-corrected chi connectivity index (χ1v) is 11.8. The van der Waals surface area contributed by atoms with Gasteiger partial charge in [-0.15, -0.1) is 0 Å². The Morgan fingerprint density at radius 3 is 2.42 bits per heavy atom. The zero-order valence-electron chi connectivity index (χ0n) is 20.1. The van der Waals surface area contributed by atoms with Crippen LogP contribution in [0.25, 0.3) is 0 Å². The maximum absolute atomic E-state index is 12.9. The minimum Gasteiger partial charge on any atom is -0.494 e. The number of hydrogen-bond donors (Lipinski definition) is 2. The molecule has 1 atom stereocenters. The molecule has 1 aromatic carbocycles. The molecule has 0 aromatic heterocycles. The molecule has 1 aliphatic rings. The molecule has 33 heavy (non-hydrogen) atoms. The molecule has 1 unspecified atom stereocenters. The molecular weight excluding hydrogens is 424 g/mol. The number of nitrogens with two attached hydrogens (primary N) is 1. The summed E-state index contributed by atoms with van der Waals surface area (Å²) >= 11 is 0. The van der Waals surface area contributed by atoms with Crippen LogP contribution in [0, 0.1) is 0 Å². The van der Waals surface area contributed by atoms with Crippen LogP contribution in [0.5, 0.6) is 5.75 Å². The molecule has 0 saturated heterocycles. The second kappa shape index (κ2) is 12.6. The fourth-order valence-corrected chi connectivity index (χ4v) is 3.87. The van der Waals surface area contributed by atoms with Gasteiger partial charge in [0, 0.05) is 25.1 Å². The van der Waals surface area contributed by atoms with Gasteiger partial charge in [0.15, 0.2) is 0 Å². The number of benzene rings is 1. The molecule has 2 rings (SSSR count). The van der Waals surface area contributed by atoms with Gasteiger partial charge in [-0.2, -0.15) is 0 Å². The molecule has 1 heterocycles. The van der Waals surface area contributed by atoms with Crippen LogP contribution in [0.3, 0.4) is 0 Å². The molecule has 0 fully saturated rings. The average Bonchev–Trinajstić information content (AvgIpc) is 3.04. The van der Waals surface area contributed by atoms with Gasteiger partial charge in [-0.1, -0.05) is 25.7 Å². The molecule has 0 bridgehead atoms. The first kappa shape index (κ1) is 26.6. The van der Waals surface area contributed by atoms with Crippen molar-refractivity contribution in [3.8, 4) is 5.75 Å². The monoisotopic (exact) mass is 462 g/mol. The first-order valence-electron chi connectivity index (χ1n) is 11.8. The molecule has 8 nitrogen and oxygen atoms in total. The lowest BCUT2D eigenvalue weighted by molar-refractivity contribution is -0.155. The molecule has 8 heteroatoms. The van der Waals surface area contributed by atoms with Gasteiger partial charge in [0.05, 0.1) is 6.61 Å². The Bertz CT molecular complexity index is 818. The summed E-state index contributed by atoms with van der Waals surface area (Å²) < 4.78 is 11.1. The molecule has 0 radical (unpaired) electrons. The predicted molar refractivity (Wildman–Crippen MR) is 125 cm³/mol. The van der Waals surface area contributed by atoms with Crippen molar-refractivity contribution < 1.29 is 29.0 Å². The fourth-order valence-electron chi connectivity index (χ4n) is 3.87. The summed E-state index contributed by atoms with van der Waals surface area (Å²) in [5, 5.41) is 8.79. The van der Waals surface area contributed by atoms with Crippen molar-refractivity contribution in [3.05, 3.63) is 29.3 Å². The van der Waals surface area contributed by atoms with Gasteiger partial charge < -0.3 is 25.2 Å².